The van der Waals surface area contributed by atoms with Gasteiger partial charge in [-0.25, -0.2) is 13.4 Å². The fraction of sp³-hybridized carbons (Fsp3) is 0.348. The summed E-state index contributed by atoms with van der Waals surface area (Å²) >= 11 is 0. The largest absolute Gasteiger partial charge is 0.354 e. The Labute approximate surface area is 191 Å². The zero-order valence-electron chi connectivity index (χ0n) is 18.0. The SMILES string of the molecule is O=C1CN(S(=O)(=O)c2ccc(C(=O)N3CCC(c4c[nH]c5ncccc45)CC3)cc2)CCN1. The van der Waals surface area contributed by atoms with E-state index in [0.29, 0.717) is 31.1 Å². The van der Waals surface area contributed by atoms with E-state index in [-0.39, 0.29) is 29.8 Å². The maximum Gasteiger partial charge on any atom is 0.253 e. The number of nitrogens with one attached hydrogen (secondary N) is 2. The van der Waals surface area contributed by atoms with Gasteiger partial charge < -0.3 is 15.2 Å². The van der Waals surface area contributed by atoms with Gasteiger partial charge in [0.2, 0.25) is 15.9 Å². The number of aromatic nitrogens is 2. The van der Waals surface area contributed by atoms with Gasteiger partial charge in [0.25, 0.3) is 5.91 Å². The molecule has 10 heteroatoms. The molecule has 0 saturated carbocycles. The maximum atomic E-state index is 13.0. The third kappa shape index (κ3) is 4.11. The number of rotatable bonds is 4. The summed E-state index contributed by atoms with van der Waals surface area (Å²) in [4.78, 5) is 34.0. The number of piperazine rings is 1. The Morgan fingerprint density at radius 3 is 2.55 bits per heavy atom. The van der Waals surface area contributed by atoms with Gasteiger partial charge in [0, 0.05) is 49.5 Å². The van der Waals surface area contributed by atoms with E-state index >= 15 is 0 Å². The summed E-state index contributed by atoms with van der Waals surface area (Å²) in [7, 11) is -3.77. The highest BCUT2D eigenvalue weighted by Gasteiger charge is 2.30. The van der Waals surface area contributed by atoms with Crippen molar-refractivity contribution in [1.82, 2.24) is 24.5 Å². The topological polar surface area (TPSA) is 115 Å². The van der Waals surface area contributed by atoms with Crippen LogP contribution < -0.4 is 5.32 Å². The molecule has 2 saturated heterocycles. The number of sulfonamides is 1. The number of carbonyl (C=O) groups is 2. The Balaban J connectivity index is 1.24. The first-order chi connectivity index (χ1) is 15.9. The van der Waals surface area contributed by atoms with Crippen molar-refractivity contribution >= 4 is 32.9 Å². The van der Waals surface area contributed by atoms with Crippen LogP contribution in [0.5, 0.6) is 0 Å². The second kappa shape index (κ2) is 8.60. The van der Waals surface area contributed by atoms with E-state index in [9.17, 15) is 18.0 Å². The third-order valence-electron chi connectivity index (χ3n) is 6.45. The fourth-order valence-corrected chi connectivity index (χ4v) is 6.03. The number of carbonyl (C=O) groups excluding carboxylic acids is 2. The predicted molar refractivity (Wildman–Crippen MR) is 122 cm³/mol. The number of hydrogen-bond donors (Lipinski definition) is 2. The highest BCUT2D eigenvalue weighted by molar-refractivity contribution is 7.89. The molecule has 2 amide bonds. The molecule has 9 nitrogen and oxygen atoms in total. The minimum Gasteiger partial charge on any atom is -0.354 e. The van der Waals surface area contributed by atoms with Crippen LogP contribution in [-0.2, 0) is 14.8 Å². The van der Waals surface area contributed by atoms with Gasteiger partial charge in [-0.05, 0) is 60.7 Å². The van der Waals surface area contributed by atoms with E-state index in [1.807, 2.05) is 17.2 Å². The van der Waals surface area contributed by atoms with Crippen LogP contribution in [0.1, 0.15) is 34.7 Å². The molecule has 0 spiro atoms. The molecule has 4 heterocycles. The van der Waals surface area contributed by atoms with Crippen LogP contribution >= 0.6 is 0 Å². The Morgan fingerprint density at radius 1 is 1.06 bits per heavy atom. The van der Waals surface area contributed by atoms with Gasteiger partial charge in [-0.1, -0.05) is 0 Å². The molecule has 0 unspecified atom stereocenters. The summed E-state index contributed by atoms with van der Waals surface area (Å²) in [6.07, 6.45) is 5.50. The van der Waals surface area contributed by atoms with E-state index in [2.05, 4.69) is 21.4 Å². The summed E-state index contributed by atoms with van der Waals surface area (Å²) in [5.74, 6) is -0.0551. The number of pyridine rings is 1. The van der Waals surface area contributed by atoms with Gasteiger partial charge in [-0.3, -0.25) is 9.59 Å². The van der Waals surface area contributed by atoms with Gasteiger partial charge >= 0.3 is 0 Å². The van der Waals surface area contributed by atoms with E-state index in [4.69, 9.17) is 0 Å². The smallest absolute Gasteiger partial charge is 0.253 e. The predicted octanol–water partition coefficient (Wildman–Crippen LogP) is 1.70. The number of H-pyrrole nitrogens is 1. The summed E-state index contributed by atoms with van der Waals surface area (Å²) < 4.78 is 26.8. The van der Waals surface area contributed by atoms with E-state index in [0.717, 1.165) is 28.2 Å². The van der Waals surface area contributed by atoms with Gasteiger partial charge in [-0.2, -0.15) is 4.31 Å². The van der Waals surface area contributed by atoms with Crippen molar-refractivity contribution in [2.75, 3.05) is 32.7 Å². The minimum atomic E-state index is -3.77. The molecule has 2 aliphatic heterocycles. The van der Waals surface area contributed by atoms with Crippen LogP contribution in [0.15, 0.2) is 53.7 Å². The molecule has 5 rings (SSSR count). The standard InChI is InChI=1S/C23H25N5O4S/c29-21-15-28(13-10-24-21)33(31,32)18-5-3-17(4-6-18)23(30)27-11-7-16(8-12-27)20-14-26-22-19(20)2-1-9-25-22/h1-6,9,14,16H,7-8,10-13,15H2,(H,24,29)(H,25,26). The summed E-state index contributed by atoms with van der Waals surface area (Å²) in [5, 5.41) is 3.75. The van der Waals surface area contributed by atoms with Crippen LogP contribution in [0.25, 0.3) is 11.0 Å². The molecule has 172 valence electrons. The lowest BCUT2D eigenvalue weighted by atomic mass is 9.89. The number of amides is 2. The minimum absolute atomic E-state index is 0.0837. The van der Waals surface area contributed by atoms with Crippen molar-refractivity contribution in [3.8, 4) is 0 Å². The molecule has 0 aliphatic carbocycles. The lowest BCUT2D eigenvalue weighted by Crippen LogP contribution is -2.49. The molecule has 2 aliphatic rings. The van der Waals surface area contributed by atoms with Crippen LogP contribution in [0, 0.1) is 0 Å². The quantitative estimate of drug-likeness (QED) is 0.606. The Bertz CT molecular complexity index is 1290. The van der Waals surface area contributed by atoms with E-state index < -0.39 is 10.0 Å². The van der Waals surface area contributed by atoms with Crippen LogP contribution in [0.2, 0.25) is 0 Å². The molecule has 1 aromatic carbocycles. The summed E-state index contributed by atoms with van der Waals surface area (Å²) in [5.41, 5.74) is 2.58. The zero-order valence-corrected chi connectivity index (χ0v) is 18.8. The van der Waals surface area contributed by atoms with Crippen molar-refractivity contribution in [3.05, 3.63) is 59.9 Å². The number of piperidine rings is 1. The molecule has 2 N–H and O–H groups in total. The third-order valence-corrected chi connectivity index (χ3v) is 8.31. The summed E-state index contributed by atoms with van der Waals surface area (Å²) in [6, 6.07) is 9.99. The molecule has 0 radical (unpaired) electrons. The Kier molecular flexibility index (Phi) is 5.63. The number of benzene rings is 1. The van der Waals surface area contributed by atoms with Gasteiger partial charge in [0.1, 0.15) is 5.65 Å². The Morgan fingerprint density at radius 2 is 1.82 bits per heavy atom. The molecule has 33 heavy (non-hydrogen) atoms. The molecular formula is C23H25N5O4S. The molecule has 0 atom stereocenters. The maximum absolute atomic E-state index is 13.0. The first kappa shape index (κ1) is 21.6. The van der Waals surface area contributed by atoms with E-state index in [1.165, 1.54) is 17.7 Å². The average Bonchev–Trinajstić information content (AvgIpc) is 3.28. The normalized spacial score (nSPS) is 18.4. The molecule has 2 aromatic heterocycles. The van der Waals surface area contributed by atoms with Gasteiger partial charge in [0.15, 0.2) is 0 Å². The monoisotopic (exact) mass is 467 g/mol. The van der Waals surface area contributed by atoms with Crippen LogP contribution in [0.4, 0.5) is 0 Å². The van der Waals surface area contributed by atoms with Gasteiger partial charge in [0.05, 0.1) is 11.4 Å². The number of fused-ring (bicyclic) bond motifs is 1. The van der Waals surface area contributed by atoms with Crippen LogP contribution in [-0.4, -0.2) is 72.1 Å². The average molecular weight is 468 g/mol. The number of likely N-dealkylation sites (tertiary alicyclic amines) is 1. The first-order valence-electron chi connectivity index (χ1n) is 11.0. The van der Waals surface area contributed by atoms with Gasteiger partial charge in [-0.15, -0.1) is 0 Å². The zero-order chi connectivity index (χ0) is 23.0. The second-order valence-electron chi connectivity index (χ2n) is 8.42. The van der Waals surface area contributed by atoms with Crippen molar-refractivity contribution in [2.24, 2.45) is 0 Å². The molecule has 2 fully saturated rings. The number of aromatic amines is 1. The lowest BCUT2D eigenvalue weighted by Gasteiger charge is -2.32. The van der Waals surface area contributed by atoms with Crippen LogP contribution in [0.3, 0.4) is 0 Å². The number of nitrogens with zero attached hydrogens (tertiary/aromatic N) is 3. The van der Waals surface area contributed by atoms with Crippen molar-refractivity contribution in [2.45, 2.75) is 23.7 Å². The van der Waals surface area contributed by atoms with Crippen molar-refractivity contribution in [1.29, 1.82) is 0 Å². The van der Waals surface area contributed by atoms with Crippen molar-refractivity contribution < 1.29 is 18.0 Å². The second-order valence-corrected chi connectivity index (χ2v) is 10.4. The van der Waals surface area contributed by atoms with Crippen molar-refractivity contribution in [3.63, 3.8) is 0 Å². The molecular weight excluding hydrogens is 442 g/mol. The Hall–Kier alpha value is -3.24. The summed E-state index contributed by atoms with van der Waals surface area (Å²) in [6.45, 7) is 1.61. The number of hydrogen-bond acceptors (Lipinski definition) is 5. The van der Waals surface area contributed by atoms with E-state index in [1.54, 1.807) is 18.3 Å². The highest BCUT2D eigenvalue weighted by Crippen LogP contribution is 2.33. The highest BCUT2D eigenvalue weighted by atomic mass is 32.2. The molecule has 0 bridgehead atoms. The fourth-order valence-electron chi connectivity index (χ4n) is 4.63. The first-order valence-corrected chi connectivity index (χ1v) is 12.5. The molecule has 3 aromatic rings. The lowest BCUT2D eigenvalue weighted by molar-refractivity contribution is -0.122.